The molecule has 1 aromatic heterocycles. The Labute approximate surface area is 168 Å². The fourth-order valence-electron chi connectivity index (χ4n) is 4.67. The van der Waals surface area contributed by atoms with Gasteiger partial charge in [0.25, 0.3) is 11.1 Å². The molecule has 1 saturated carbocycles. The van der Waals surface area contributed by atoms with Crippen molar-refractivity contribution in [2.45, 2.75) is 44.2 Å². The summed E-state index contributed by atoms with van der Waals surface area (Å²) in [5.41, 5.74) is -0.777. The first-order valence-electron chi connectivity index (χ1n) is 10.4. The summed E-state index contributed by atoms with van der Waals surface area (Å²) < 4.78 is 6.60. The highest BCUT2D eigenvalue weighted by Crippen LogP contribution is 2.33. The lowest BCUT2D eigenvalue weighted by Crippen LogP contribution is -2.60. The molecule has 0 atom stereocenters. The molecule has 8 heteroatoms. The summed E-state index contributed by atoms with van der Waals surface area (Å²) in [6.45, 7) is 3.57. The molecule has 1 saturated heterocycles. The molecule has 0 spiro atoms. The molecule has 8 nitrogen and oxygen atoms in total. The third-order valence-electron chi connectivity index (χ3n) is 6.27. The van der Waals surface area contributed by atoms with Crippen molar-refractivity contribution < 1.29 is 9.53 Å². The van der Waals surface area contributed by atoms with Crippen molar-refractivity contribution in [3.63, 3.8) is 0 Å². The highest BCUT2D eigenvalue weighted by Gasteiger charge is 2.38. The molecular formula is C21H28N4O4. The Hall–Kier alpha value is -2.45. The Morgan fingerprint density at radius 3 is 2.48 bits per heavy atom. The number of morpholine rings is 1. The number of nitrogens with zero attached hydrogens (tertiary/aromatic N) is 2. The topological polar surface area (TPSA) is 96.4 Å². The Morgan fingerprint density at radius 1 is 1.07 bits per heavy atom. The maximum atomic E-state index is 12.6. The number of hydrogen-bond acceptors (Lipinski definition) is 5. The molecule has 0 bridgehead atoms. The van der Waals surface area contributed by atoms with Gasteiger partial charge in [0.2, 0.25) is 5.91 Å². The molecule has 1 aromatic carbocycles. The second kappa shape index (κ2) is 8.51. The Bertz CT molecular complexity index is 984. The summed E-state index contributed by atoms with van der Waals surface area (Å²) in [5, 5.41) is 6.21. The molecule has 0 radical (unpaired) electrons. The summed E-state index contributed by atoms with van der Waals surface area (Å²) in [6.07, 6.45) is 5.66. The first-order valence-corrected chi connectivity index (χ1v) is 10.4. The van der Waals surface area contributed by atoms with Crippen LogP contribution in [0.4, 0.5) is 0 Å². The SMILES string of the molecule is O=C(Cn1[nH]c(=O)c2ccccc2c1=O)NCC1(N2CCOCC2)CCCCC1. The molecule has 2 aliphatic rings. The van der Waals surface area contributed by atoms with E-state index >= 15 is 0 Å². The summed E-state index contributed by atoms with van der Waals surface area (Å²) in [7, 11) is 0. The predicted octanol–water partition coefficient (Wildman–Crippen LogP) is 0.841. The fraction of sp³-hybridized carbons (Fsp3) is 0.571. The van der Waals surface area contributed by atoms with E-state index in [0.29, 0.717) is 17.3 Å². The molecular weight excluding hydrogens is 372 g/mol. The molecule has 4 rings (SSSR count). The minimum absolute atomic E-state index is 0.0422. The number of fused-ring (bicyclic) bond motifs is 1. The van der Waals surface area contributed by atoms with Gasteiger partial charge in [-0.1, -0.05) is 31.4 Å². The van der Waals surface area contributed by atoms with E-state index in [1.165, 1.54) is 6.42 Å². The first kappa shape index (κ1) is 19.8. The number of nitrogens with one attached hydrogen (secondary N) is 2. The number of carbonyl (C=O) groups is 1. The van der Waals surface area contributed by atoms with Crippen molar-refractivity contribution in [3.05, 3.63) is 45.0 Å². The van der Waals surface area contributed by atoms with Crippen molar-refractivity contribution in [1.29, 1.82) is 0 Å². The number of amides is 1. The molecule has 1 amide bonds. The maximum absolute atomic E-state index is 12.6. The molecule has 2 aromatic rings. The number of H-pyrrole nitrogens is 1. The van der Waals surface area contributed by atoms with Crippen LogP contribution in [-0.4, -0.2) is 59.0 Å². The van der Waals surface area contributed by atoms with Crippen LogP contribution in [0.3, 0.4) is 0 Å². The van der Waals surface area contributed by atoms with Crippen molar-refractivity contribution in [3.8, 4) is 0 Å². The van der Waals surface area contributed by atoms with Crippen molar-refractivity contribution in [2.24, 2.45) is 0 Å². The largest absolute Gasteiger partial charge is 0.379 e. The van der Waals surface area contributed by atoms with E-state index in [1.807, 2.05) is 0 Å². The van der Waals surface area contributed by atoms with E-state index in [1.54, 1.807) is 24.3 Å². The van der Waals surface area contributed by atoms with Crippen LogP contribution < -0.4 is 16.4 Å². The minimum atomic E-state index is -0.370. The maximum Gasteiger partial charge on any atom is 0.273 e. The first-order chi connectivity index (χ1) is 14.1. The number of aromatic amines is 1. The summed E-state index contributed by atoms with van der Waals surface area (Å²) in [5.74, 6) is -0.267. The lowest BCUT2D eigenvalue weighted by Gasteiger charge is -2.48. The average Bonchev–Trinajstić information content (AvgIpc) is 2.77. The number of carbonyl (C=O) groups excluding carboxylic acids is 1. The van der Waals surface area contributed by atoms with Gasteiger partial charge in [0.15, 0.2) is 0 Å². The second-order valence-electron chi connectivity index (χ2n) is 8.04. The standard InChI is InChI=1S/C21H28N4O4/c26-18(14-25-20(28)17-7-3-2-6-16(17)19(27)23-25)22-15-21(8-4-1-5-9-21)24-10-12-29-13-11-24/h2-3,6-7H,1,4-5,8-15H2,(H,22,26)(H,23,27). The molecule has 29 heavy (non-hydrogen) atoms. The van der Waals surface area contributed by atoms with E-state index in [4.69, 9.17) is 4.74 Å². The van der Waals surface area contributed by atoms with Gasteiger partial charge in [-0.15, -0.1) is 0 Å². The lowest BCUT2D eigenvalue weighted by molar-refractivity contribution is -0.123. The van der Waals surface area contributed by atoms with Crippen molar-refractivity contribution in [2.75, 3.05) is 32.8 Å². The quantitative estimate of drug-likeness (QED) is 0.775. The number of rotatable bonds is 5. The van der Waals surface area contributed by atoms with Crippen molar-refractivity contribution in [1.82, 2.24) is 20.0 Å². The Kier molecular flexibility index (Phi) is 5.82. The molecule has 1 aliphatic heterocycles. The van der Waals surface area contributed by atoms with Gasteiger partial charge in [0.05, 0.1) is 24.0 Å². The number of aromatic nitrogens is 2. The smallest absolute Gasteiger partial charge is 0.273 e. The minimum Gasteiger partial charge on any atom is -0.379 e. The van der Waals surface area contributed by atoms with Crippen LogP contribution in [0.25, 0.3) is 10.8 Å². The van der Waals surface area contributed by atoms with E-state index in [0.717, 1.165) is 56.7 Å². The fourth-order valence-corrected chi connectivity index (χ4v) is 4.67. The van der Waals surface area contributed by atoms with Gasteiger partial charge in [-0.05, 0) is 25.0 Å². The predicted molar refractivity (Wildman–Crippen MR) is 110 cm³/mol. The number of hydrogen-bond donors (Lipinski definition) is 2. The molecule has 0 unspecified atom stereocenters. The van der Waals surface area contributed by atoms with Gasteiger partial charge < -0.3 is 10.1 Å². The van der Waals surface area contributed by atoms with Crippen LogP contribution in [0, 0.1) is 0 Å². The number of benzene rings is 1. The highest BCUT2D eigenvalue weighted by atomic mass is 16.5. The van der Waals surface area contributed by atoms with Gasteiger partial charge in [0, 0.05) is 25.2 Å². The van der Waals surface area contributed by atoms with Gasteiger partial charge in [-0.2, -0.15) is 0 Å². The zero-order valence-corrected chi connectivity index (χ0v) is 16.6. The zero-order valence-electron chi connectivity index (χ0n) is 16.6. The van der Waals surface area contributed by atoms with Crippen LogP contribution in [0.5, 0.6) is 0 Å². The molecule has 2 N–H and O–H groups in total. The summed E-state index contributed by atoms with van der Waals surface area (Å²) in [4.78, 5) is 40.0. The van der Waals surface area contributed by atoms with Crippen LogP contribution in [0.1, 0.15) is 32.1 Å². The van der Waals surface area contributed by atoms with Gasteiger partial charge in [0.1, 0.15) is 6.54 Å². The number of ether oxygens (including phenoxy) is 1. The van der Waals surface area contributed by atoms with Gasteiger partial charge in [-0.3, -0.25) is 24.4 Å². The third kappa shape index (κ3) is 4.13. The highest BCUT2D eigenvalue weighted by molar-refractivity contribution is 5.81. The van der Waals surface area contributed by atoms with E-state index in [9.17, 15) is 14.4 Å². The summed E-state index contributed by atoms with van der Waals surface area (Å²) in [6, 6.07) is 6.64. The normalized spacial score (nSPS) is 19.9. The van der Waals surface area contributed by atoms with Crippen LogP contribution >= 0.6 is 0 Å². The van der Waals surface area contributed by atoms with Gasteiger partial charge >= 0.3 is 0 Å². The van der Waals surface area contributed by atoms with E-state index < -0.39 is 0 Å². The molecule has 2 fully saturated rings. The van der Waals surface area contributed by atoms with Crippen LogP contribution in [0.15, 0.2) is 33.9 Å². The molecule has 156 valence electrons. The lowest BCUT2D eigenvalue weighted by atomic mass is 9.79. The molecule has 2 heterocycles. The Balaban J connectivity index is 1.48. The second-order valence-corrected chi connectivity index (χ2v) is 8.04. The monoisotopic (exact) mass is 400 g/mol. The van der Waals surface area contributed by atoms with Crippen LogP contribution in [0.2, 0.25) is 0 Å². The average molecular weight is 400 g/mol. The molecule has 1 aliphatic carbocycles. The summed E-state index contributed by atoms with van der Waals surface area (Å²) >= 11 is 0. The Morgan fingerprint density at radius 2 is 1.76 bits per heavy atom. The third-order valence-corrected chi connectivity index (χ3v) is 6.27. The van der Waals surface area contributed by atoms with E-state index in [-0.39, 0.29) is 29.1 Å². The van der Waals surface area contributed by atoms with Crippen LogP contribution in [-0.2, 0) is 16.1 Å². The van der Waals surface area contributed by atoms with E-state index in [2.05, 4.69) is 15.3 Å². The van der Waals surface area contributed by atoms with Gasteiger partial charge in [-0.25, -0.2) is 4.68 Å². The zero-order chi connectivity index (χ0) is 20.3. The van der Waals surface area contributed by atoms with Crippen molar-refractivity contribution >= 4 is 16.7 Å².